The number of halogens is 2. The summed E-state index contributed by atoms with van der Waals surface area (Å²) in [6.45, 7) is 1.21. The summed E-state index contributed by atoms with van der Waals surface area (Å²) in [5, 5.41) is 10.9. The summed E-state index contributed by atoms with van der Waals surface area (Å²) in [5.74, 6) is 8.31. The Bertz CT molecular complexity index is 5590. The highest BCUT2D eigenvalue weighted by Crippen LogP contribution is 2.48. The molecular formula is C78H92Cl2N20O18S5. The fraction of sp³-hybridized carbons (Fsp3) is 0.308. The van der Waals surface area contributed by atoms with E-state index in [1.165, 1.54) is 127 Å². The smallest absolute Gasteiger partial charge is 0.330 e. The van der Waals surface area contributed by atoms with Gasteiger partial charge in [-0.25, -0.2) is 81.1 Å². The molecule has 10 aromatic rings. The van der Waals surface area contributed by atoms with Gasteiger partial charge in [0.25, 0.3) is 0 Å². The largest absolute Gasteiger partial charge is 0.497 e. The second-order valence-electron chi connectivity index (χ2n) is 25.5. The molecule has 5 aromatic heterocycles. The van der Waals surface area contributed by atoms with Crippen LogP contribution in [0.3, 0.4) is 0 Å². The van der Waals surface area contributed by atoms with Gasteiger partial charge in [-0.15, -0.1) is 0 Å². The van der Waals surface area contributed by atoms with Gasteiger partial charge in [-0.2, -0.15) is 0 Å². The third kappa shape index (κ3) is 24.1. The first-order valence-corrected chi connectivity index (χ1v) is 44.2. The number of aldehydes is 1. The number of carbonyl (C=O) groups excluding carboxylic acids is 4. The van der Waals surface area contributed by atoms with Gasteiger partial charge in [0.1, 0.15) is 96.6 Å². The molecular weight excluding hydrogens is 1740 g/mol. The summed E-state index contributed by atoms with van der Waals surface area (Å²) >= 11 is 17.2. The molecule has 45 heteroatoms. The molecule has 0 unspecified atom stereocenters. The van der Waals surface area contributed by atoms with Crippen LogP contribution < -0.4 is 98.5 Å². The number of aromatic nitrogens is 10. The Morgan fingerprint density at radius 3 is 1.14 bits per heavy atom. The third-order valence-corrected chi connectivity index (χ3v) is 21.9. The Balaban J connectivity index is 0.000000188. The Hall–Kier alpha value is -12.3. The predicted molar refractivity (Wildman–Crippen MR) is 476 cm³/mol. The second kappa shape index (κ2) is 44.0. The van der Waals surface area contributed by atoms with E-state index in [2.05, 4.69) is 65.8 Å². The van der Waals surface area contributed by atoms with Crippen LogP contribution in [-0.4, -0.2) is 229 Å². The topological polar surface area (TPSA) is 439 Å². The normalized spacial score (nSPS) is 12.5. The number of sulfone groups is 2. The fourth-order valence-electron chi connectivity index (χ4n) is 11.5. The number of anilines is 10. The van der Waals surface area contributed by atoms with Crippen LogP contribution in [0.15, 0.2) is 136 Å². The molecule has 0 spiro atoms. The van der Waals surface area contributed by atoms with Crippen molar-refractivity contribution in [2.24, 2.45) is 0 Å². The van der Waals surface area contributed by atoms with E-state index in [0.717, 1.165) is 58.1 Å². The van der Waals surface area contributed by atoms with Crippen molar-refractivity contribution in [3.63, 3.8) is 0 Å². The van der Waals surface area contributed by atoms with E-state index in [1.807, 2.05) is 50.2 Å². The lowest BCUT2D eigenvalue weighted by molar-refractivity contribution is 0.112. The van der Waals surface area contributed by atoms with E-state index >= 15 is 0 Å². The van der Waals surface area contributed by atoms with E-state index in [0.29, 0.717) is 103 Å². The van der Waals surface area contributed by atoms with E-state index in [9.17, 15) is 36.0 Å². The van der Waals surface area contributed by atoms with Gasteiger partial charge in [-0.3, -0.25) is 34.2 Å². The van der Waals surface area contributed by atoms with E-state index < -0.39 is 25.7 Å². The molecule has 0 saturated heterocycles. The molecule has 0 bridgehead atoms. The van der Waals surface area contributed by atoms with Crippen molar-refractivity contribution in [1.82, 2.24) is 49.8 Å². The first kappa shape index (κ1) is 96.2. The highest BCUT2D eigenvalue weighted by molar-refractivity contribution is 7.98. The van der Waals surface area contributed by atoms with Gasteiger partial charge in [0, 0.05) is 198 Å². The Morgan fingerprint density at radius 1 is 0.439 bits per heavy atom. The van der Waals surface area contributed by atoms with Gasteiger partial charge in [0.05, 0.1) is 113 Å². The van der Waals surface area contributed by atoms with Gasteiger partial charge in [0.15, 0.2) is 21.8 Å². The SMILES string of the molecule is CNc1nc(SC)ncc1C=O.CNc1nc(SC)ncc1CNc1cc(OC)cc(OC)c1.COc1cc(N)cc(OC)c1.COc1cc(OC)c(Cl)c(N2Cc3cnc(S(C)(=O)=O)nc3N(C)C2=O)c1Cl.COc1cc(OC)cc(N2Cc3cnc(S(C)(=O)=O)nc3N(C)C2=O)c1.COc1cc(OC)cc(N2Cc3cnc(SC)nc3N(C)C2=O)c1. The van der Waals surface area contributed by atoms with Crippen LogP contribution in [0.1, 0.15) is 32.6 Å². The van der Waals surface area contributed by atoms with Crippen LogP contribution in [0, 0.1) is 0 Å². The monoisotopic (exact) mass is 1830 g/mol. The molecule has 0 saturated carbocycles. The lowest BCUT2D eigenvalue weighted by atomic mass is 10.2. The van der Waals surface area contributed by atoms with Crippen molar-refractivity contribution >= 4 is 160 Å². The molecule has 0 radical (unpaired) electrons. The number of carbonyl (C=O) groups is 4. The number of amides is 6. The fourth-order valence-corrected chi connectivity index (χ4v) is 14.2. The minimum absolute atomic E-state index is 0.0261. The zero-order valence-corrected chi connectivity index (χ0v) is 76.3. The van der Waals surface area contributed by atoms with Crippen molar-refractivity contribution in [3.05, 3.63) is 148 Å². The maximum absolute atomic E-state index is 13.0. The molecule has 0 fully saturated rings. The number of fused-ring (bicyclic) bond motifs is 3. The van der Waals surface area contributed by atoms with Gasteiger partial charge < -0.3 is 69.1 Å². The van der Waals surface area contributed by atoms with Crippen LogP contribution in [0.25, 0.3) is 0 Å². The summed E-state index contributed by atoms with van der Waals surface area (Å²) in [7, 11) is 16.6. The maximum Gasteiger partial charge on any atom is 0.330 e. The van der Waals surface area contributed by atoms with Crippen molar-refractivity contribution in [1.29, 1.82) is 0 Å². The summed E-state index contributed by atoms with van der Waals surface area (Å²) in [6, 6.07) is 21.9. The molecule has 3 aliphatic rings. The number of methoxy groups -OCH3 is 10. The number of ether oxygens (including phenoxy) is 10. The van der Waals surface area contributed by atoms with E-state index in [1.54, 1.807) is 122 Å². The first-order chi connectivity index (χ1) is 58.7. The van der Waals surface area contributed by atoms with Crippen molar-refractivity contribution < 1.29 is 83.4 Å². The Kier molecular flexibility index (Phi) is 34.4. The summed E-state index contributed by atoms with van der Waals surface area (Å²) in [6.07, 6.45) is 16.4. The van der Waals surface area contributed by atoms with Crippen LogP contribution in [-0.2, 0) is 45.9 Å². The van der Waals surface area contributed by atoms with Crippen molar-refractivity contribution in [2.75, 3.05) is 189 Å². The number of nitrogen functional groups attached to an aromatic ring is 1. The number of hydrogen-bond donors (Lipinski definition) is 4. The van der Waals surface area contributed by atoms with Gasteiger partial charge >= 0.3 is 18.1 Å². The molecule has 0 atom stereocenters. The molecule has 3 aliphatic heterocycles. The average molecular weight is 1830 g/mol. The average Bonchev–Trinajstić information content (AvgIpc) is 0.764. The molecule has 8 heterocycles. The molecule has 123 heavy (non-hydrogen) atoms. The molecule has 38 nitrogen and oxygen atoms in total. The molecule has 5 aromatic carbocycles. The second-order valence-corrected chi connectivity index (χ2v) is 32.4. The number of nitrogens with zero attached hydrogens (tertiary/aromatic N) is 16. The number of nitrogens with two attached hydrogens (primary N) is 1. The van der Waals surface area contributed by atoms with Gasteiger partial charge in [0.2, 0.25) is 30.0 Å². The zero-order chi connectivity index (χ0) is 90.3. The molecule has 6 amide bonds. The van der Waals surface area contributed by atoms with Crippen molar-refractivity contribution in [3.8, 4) is 57.5 Å². The standard InChI is InChI=1S/C16H16Cl2N4O5S.C16H18N4O5S.C16H18N4O3S.C15H20N4O2S.C8H11NO2.C7H9N3OS/c1-21-14-8(6-19-15(20-14)28(4,24)25)7-22(16(21)23)13-11(17)9(26-2)5-10(27-3)12(13)18;1-19-14-10(8-17-15(18-14)26(4,22)23)9-20(16(19)21)11-5-12(24-2)7-13(6-11)25-3;1-19-14-10(8-17-15(18-14)24-4)9-20(16(19)21)11-5-12(22-2)7-13(6-11)23-3;1-16-14-10(9-18-15(19-14)22-4)8-17-11-5-12(20-2)7-13(6-11)21-3;1-10-7-3-6(9)4-8(5-7)11-2;1-8-6-5(4-11)3-9-7(10-6)12-2/h5-6H,7H2,1-4H3;5-8H,9H2,1-4H3;5-8H,9H2,1-4H3;5-7,9,17H,8H2,1-4H3,(H,16,18,19);3-5H,9H2,1-2H3;3-4H,1-2H3,(H,8,9,10). The van der Waals surface area contributed by atoms with Crippen LogP contribution in [0.4, 0.5) is 71.9 Å². The van der Waals surface area contributed by atoms with Crippen molar-refractivity contribution in [2.45, 2.75) is 52.0 Å². The first-order valence-electron chi connectivity index (χ1n) is 36.0. The maximum atomic E-state index is 13.0. The third-order valence-electron chi connectivity index (χ3n) is 17.7. The zero-order valence-electron chi connectivity index (χ0n) is 70.7. The van der Waals surface area contributed by atoms with Crippen LogP contribution in [0.5, 0.6) is 57.5 Å². The van der Waals surface area contributed by atoms with E-state index in [4.69, 9.17) is 76.3 Å². The molecule has 13 rings (SSSR count). The number of nitrogens with one attached hydrogen (secondary N) is 3. The predicted octanol–water partition coefficient (Wildman–Crippen LogP) is 12.3. The minimum atomic E-state index is -3.62. The molecule has 0 aliphatic carbocycles. The van der Waals surface area contributed by atoms with Gasteiger partial charge in [-0.1, -0.05) is 58.5 Å². The number of hydrogen-bond acceptors (Lipinski definition) is 35. The Labute approximate surface area is 734 Å². The lowest BCUT2D eigenvalue weighted by Gasteiger charge is -2.35. The highest BCUT2D eigenvalue weighted by atomic mass is 35.5. The lowest BCUT2D eigenvalue weighted by Crippen LogP contribution is -2.46. The summed E-state index contributed by atoms with van der Waals surface area (Å²) in [4.78, 5) is 99.0. The number of urea groups is 3. The Morgan fingerprint density at radius 2 is 0.772 bits per heavy atom. The van der Waals surface area contributed by atoms with Crippen LogP contribution >= 0.6 is 58.5 Å². The number of thioether (sulfide) groups is 3. The number of benzene rings is 5. The summed E-state index contributed by atoms with van der Waals surface area (Å²) in [5.41, 5.74) is 12.1. The highest BCUT2D eigenvalue weighted by Gasteiger charge is 2.37. The number of rotatable bonds is 24. The van der Waals surface area contributed by atoms with Gasteiger partial charge in [-0.05, 0) is 18.8 Å². The molecule has 5 N–H and O–H groups in total. The van der Waals surface area contributed by atoms with Crippen LogP contribution in [0.2, 0.25) is 10.0 Å². The minimum Gasteiger partial charge on any atom is -0.497 e. The van der Waals surface area contributed by atoms with E-state index in [-0.39, 0.29) is 74.3 Å². The molecule has 656 valence electrons. The summed E-state index contributed by atoms with van der Waals surface area (Å²) < 4.78 is 98.8. The quantitative estimate of drug-likeness (QED) is 0.0189.